The van der Waals surface area contributed by atoms with Crippen molar-refractivity contribution < 1.29 is 14.3 Å². The zero-order valence-electron chi connectivity index (χ0n) is 18.7. The summed E-state index contributed by atoms with van der Waals surface area (Å²) in [6.07, 6.45) is 9.40. The van der Waals surface area contributed by atoms with Crippen molar-refractivity contribution in [3.8, 4) is 11.1 Å². The molecule has 0 aliphatic carbocycles. The molecule has 0 radical (unpaired) electrons. The van der Waals surface area contributed by atoms with Gasteiger partial charge in [-0.2, -0.15) is 0 Å². The number of nitrogens with zero attached hydrogens (tertiary/aromatic N) is 3. The van der Waals surface area contributed by atoms with E-state index < -0.39 is 5.91 Å². The first-order valence-electron chi connectivity index (χ1n) is 10.8. The summed E-state index contributed by atoms with van der Waals surface area (Å²) >= 11 is 0. The van der Waals surface area contributed by atoms with Crippen molar-refractivity contribution in [1.29, 1.82) is 0 Å². The Morgan fingerprint density at radius 3 is 2.73 bits per heavy atom. The molecule has 0 fully saturated rings. The highest BCUT2D eigenvalue weighted by molar-refractivity contribution is 5.90. The summed E-state index contributed by atoms with van der Waals surface area (Å²) in [5, 5.41) is 9.86. The van der Waals surface area contributed by atoms with Gasteiger partial charge in [-0.25, -0.2) is 4.39 Å². The second-order valence-corrected chi connectivity index (χ2v) is 7.73. The molecule has 1 amide bonds. The molecule has 6 heteroatoms. The lowest BCUT2D eigenvalue weighted by Crippen LogP contribution is -2.29. The molecule has 0 unspecified atom stereocenters. The van der Waals surface area contributed by atoms with Gasteiger partial charge in [0.15, 0.2) is 5.76 Å². The summed E-state index contributed by atoms with van der Waals surface area (Å²) in [4.78, 5) is 21.9. The summed E-state index contributed by atoms with van der Waals surface area (Å²) in [5.41, 5.74) is 3.74. The maximum Gasteiger partial charge on any atom is 0.288 e. The van der Waals surface area contributed by atoms with Gasteiger partial charge in [-0.3, -0.25) is 14.8 Å². The number of hydrogen-bond donors (Lipinski definition) is 1. The minimum atomic E-state index is -0.467. The molecule has 1 aliphatic rings. The van der Waals surface area contributed by atoms with E-state index in [9.17, 15) is 14.3 Å². The zero-order chi connectivity index (χ0) is 23.6. The maximum atomic E-state index is 14.9. The standard InChI is InChI=1S/C27H28FN3O2/c1-29-16-13-26(32)27(33)31(2)17-14-20-8-6-7-15-30-25(18-20)22-11-12-23(24(28)19-22)21-9-4-3-5-10-21/h3-5,8-13,15,18-19,32H,1,6-7,14,16-17H2,2H3/b20-8?,25-18?,26-13+,30-15?. The van der Waals surface area contributed by atoms with Gasteiger partial charge in [-0.1, -0.05) is 48.5 Å². The molecule has 1 aliphatic heterocycles. The van der Waals surface area contributed by atoms with E-state index in [1.807, 2.05) is 48.7 Å². The minimum absolute atomic E-state index is 0.181. The predicted octanol–water partition coefficient (Wildman–Crippen LogP) is 5.62. The van der Waals surface area contributed by atoms with Crippen molar-refractivity contribution in [2.24, 2.45) is 9.98 Å². The minimum Gasteiger partial charge on any atom is -0.503 e. The molecule has 0 aromatic heterocycles. The van der Waals surface area contributed by atoms with Crippen LogP contribution in [0.2, 0.25) is 0 Å². The first kappa shape index (κ1) is 23.9. The average Bonchev–Trinajstić information content (AvgIpc) is 2.81. The van der Waals surface area contributed by atoms with E-state index in [-0.39, 0.29) is 18.1 Å². The van der Waals surface area contributed by atoms with Gasteiger partial charge in [-0.15, -0.1) is 0 Å². The summed E-state index contributed by atoms with van der Waals surface area (Å²) in [5.74, 6) is -1.11. The Morgan fingerprint density at radius 2 is 2.00 bits per heavy atom. The van der Waals surface area contributed by atoms with Crippen LogP contribution in [0.3, 0.4) is 0 Å². The van der Waals surface area contributed by atoms with E-state index in [2.05, 4.69) is 22.8 Å². The third kappa shape index (κ3) is 6.59. The Hall–Kier alpha value is -3.80. The molecule has 2 aromatic rings. The molecule has 2 aromatic carbocycles. The number of carbonyl (C=O) groups excluding carboxylic acids is 1. The Labute approximate surface area is 194 Å². The van der Waals surface area contributed by atoms with Crippen molar-refractivity contribution in [3.63, 3.8) is 0 Å². The molecule has 0 spiro atoms. The van der Waals surface area contributed by atoms with Gasteiger partial charge in [0.1, 0.15) is 5.82 Å². The van der Waals surface area contributed by atoms with Gasteiger partial charge >= 0.3 is 0 Å². The molecular weight excluding hydrogens is 417 g/mol. The number of benzene rings is 2. The molecule has 0 atom stereocenters. The zero-order valence-corrected chi connectivity index (χ0v) is 18.7. The van der Waals surface area contributed by atoms with Gasteiger partial charge in [0.25, 0.3) is 5.91 Å². The number of hydrogen-bond acceptors (Lipinski definition) is 4. The van der Waals surface area contributed by atoms with E-state index in [1.165, 1.54) is 17.0 Å². The quantitative estimate of drug-likeness (QED) is 0.326. The van der Waals surface area contributed by atoms with Gasteiger partial charge in [-0.05, 0) is 55.3 Å². The molecule has 3 rings (SSSR count). The number of amides is 1. The van der Waals surface area contributed by atoms with Crippen molar-refractivity contribution in [2.75, 3.05) is 20.1 Å². The molecule has 1 N–H and O–H groups in total. The Kier molecular flexibility index (Phi) is 8.47. The summed E-state index contributed by atoms with van der Waals surface area (Å²) in [6, 6.07) is 14.6. The van der Waals surface area contributed by atoms with Crippen LogP contribution in [0.25, 0.3) is 16.8 Å². The number of rotatable bonds is 8. The fourth-order valence-corrected chi connectivity index (χ4v) is 3.47. The Morgan fingerprint density at radius 1 is 1.21 bits per heavy atom. The van der Waals surface area contributed by atoms with Crippen molar-refractivity contribution >= 4 is 24.5 Å². The smallest absolute Gasteiger partial charge is 0.288 e. The fourth-order valence-electron chi connectivity index (χ4n) is 3.47. The lowest BCUT2D eigenvalue weighted by Gasteiger charge is -2.17. The van der Waals surface area contributed by atoms with Crippen LogP contribution in [0.5, 0.6) is 0 Å². The highest BCUT2D eigenvalue weighted by Crippen LogP contribution is 2.28. The molecule has 170 valence electrons. The van der Waals surface area contributed by atoms with E-state index in [4.69, 9.17) is 0 Å². The third-order valence-electron chi connectivity index (χ3n) is 5.32. The first-order valence-corrected chi connectivity index (χ1v) is 10.8. The number of likely N-dealkylation sites (N-methyl/N-ethyl adjacent to an activating group) is 1. The van der Waals surface area contributed by atoms with Crippen LogP contribution >= 0.6 is 0 Å². The lowest BCUT2D eigenvalue weighted by molar-refractivity contribution is -0.128. The van der Waals surface area contributed by atoms with Crippen LogP contribution in [-0.4, -0.2) is 49.0 Å². The summed E-state index contributed by atoms with van der Waals surface area (Å²) < 4.78 is 14.9. The highest BCUT2D eigenvalue weighted by atomic mass is 19.1. The van der Waals surface area contributed by atoms with Crippen molar-refractivity contribution in [1.82, 2.24) is 4.90 Å². The number of halogens is 1. The molecule has 0 saturated heterocycles. The van der Waals surface area contributed by atoms with E-state index in [1.54, 1.807) is 13.1 Å². The van der Waals surface area contributed by atoms with Crippen LogP contribution in [0.1, 0.15) is 24.8 Å². The van der Waals surface area contributed by atoms with Crippen molar-refractivity contribution in [3.05, 3.63) is 89.5 Å². The SMILES string of the molecule is C=NC/C=C(/O)C(=O)N(C)CCC1=CCCC=NC(c2ccc(-c3ccccc3)c(F)c2)=C1. The van der Waals surface area contributed by atoms with Gasteiger partial charge in [0, 0.05) is 30.9 Å². The largest absolute Gasteiger partial charge is 0.503 e. The number of aliphatic hydroxyl groups excluding tert-OH is 1. The second kappa shape index (κ2) is 11.7. The molecule has 0 bridgehead atoms. The number of allylic oxidation sites excluding steroid dienone is 2. The van der Waals surface area contributed by atoms with Gasteiger partial charge in [0.2, 0.25) is 0 Å². The molecule has 1 heterocycles. The van der Waals surface area contributed by atoms with E-state index >= 15 is 0 Å². The number of aliphatic hydroxyl groups is 1. The summed E-state index contributed by atoms with van der Waals surface area (Å²) in [6.45, 7) is 3.93. The van der Waals surface area contributed by atoms with Crippen LogP contribution < -0.4 is 0 Å². The molecule has 5 nitrogen and oxygen atoms in total. The third-order valence-corrected chi connectivity index (χ3v) is 5.32. The van der Waals surface area contributed by atoms with E-state index in [0.717, 1.165) is 24.0 Å². The highest BCUT2D eigenvalue weighted by Gasteiger charge is 2.14. The Bertz CT molecular complexity index is 1120. The predicted molar refractivity (Wildman–Crippen MR) is 133 cm³/mol. The van der Waals surface area contributed by atoms with Gasteiger partial charge in [0.05, 0.1) is 12.2 Å². The second-order valence-electron chi connectivity index (χ2n) is 7.73. The Balaban J connectivity index is 1.77. The molecule has 0 saturated carbocycles. The van der Waals surface area contributed by atoms with E-state index in [0.29, 0.717) is 29.8 Å². The van der Waals surface area contributed by atoms with Crippen LogP contribution in [0.4, 0.5) is 4.39 Å². The summed E-state index contributed by atoms with van der Waals surface area (Å²) in [7, 11) is 1.64. The fraction of sp³-hybridized carbons (Fsp3) is 0.222. The molecular formula is C27H28FN3O2. The first-order chi connectivity index (χ1) is 16.0. The van der Waals surface area contributed by atoms with Crippen molar-refractivity contribution in [2.45, 2.75) is 19.3 Å². The molecule has 33 heavy (non-hydrogen) atoms. The lowest BCUT2D eigenvalue weighted by atomic mass is 10.00. The monoisotopic (exact) mass is 445 g/mol. The normalized spacial score (nSPS) is 14.1. The number of carbonyl (C=O) groups is 1. The van der Waals surface area contributed by atoms with Crippen LogP contribution in [0.15, 0.2) is 88.1 Å². The van der Waals surface area contributed by atoms with Crippen LogP contribution in [0, 0.1) is 5.82 Å². The topological polar surface area (TPSA) is 65.3 Å². The maximum absolute atomic E-state index is 14.9. The number of aliphatic imine (C=N–C) groups is 2. The van der Waals surface area contributed by atoms with Crippen LogP contribution in [-0.2, 0) is 4.79 Å². The van der Waals surface area contributed by atoms with Gasteiger partial charge < -0.3 is 10.0 Å². The average molecular weight is 446 g/mol.